The molecule has 0 aliphatic rings. The maximum absolute atomic E-state index is 12.9. The number of aromatic nitrogens is 4. The van der Waals surface area contributed by atoms with E-state index in [1.807, 2.05) is 31.2 Å². The van der Waals surface area contributed by atoms with Crippen molar-refractivity contribution in [3.05, 3.63) is 76.4 Å². The van der Waals surface area contributed by atoms with Crippen LogP contribution in [0.15, 0.2) is 58.1 Å². The third-order valence-corrected chi connectivity index (χ3v) is 4.76. The van der Waals surface area contributed by atoms with E-state index < -0.39 is 0 Å². The fourth-order valence-corrected chi connectivity index (χ4v) is 3.15. The van der Waals surface area contributed by atoms with Crippen LogP contribution < -0.4 is 10.9 Å². The highest BCUT2D eigenvalue weighted by atomic mass is 16.3. The lowest BCUT2D eigenvalue weighted by Crippen LogP contribution is -2.28. The van der Waals surface area contributed by atoms with Crippen LogP contribution in [0.1, 0.15) is 23.6 Å². The Kier molecular flexibility index (Phi) is 4.99. The molecule has 0 spiro atoms. The lowest BCUT2D eigenvalue weighted by atomic mass is 10.2. The Hall–Kier alpha value is -3.68. The number of carbonyl (C=O) groups is 1. The molecule has 1 N–H and O–H groups in total. The summed E-state index contributed by atoms with van der Waals surface area (Å²) in [5.74, 6) is 1.05. The molecule has 0 unspecified atom stereocenters. The van der Waals surface area contributed by atoms with Gasteiger partial charge >= 0.3 is 0 Å². The maximum atomic E-state index is 12.9. The summed E-state index contributed by atoms with van der Waals surface area (Å²) >= 11 is 0. The minimum Gasteiger partial charge on any atom is -0.467 e. The van der Waals surface area contributed by atoms with Crippen molar-refractivity contribution >= 4 is 16.9 Å². The van der Waals surface area contributed by atoms with Crippen molar-refractivity contribution in [1.82, 2.24) is 24.6 Å². The Morgan fingerprint density at radius 1 is 1.17 bits per heavy atom. The molecular formula is C21H21N5O3. The number of hydrogen-bond acceptors (Lipinski definition) is 5. The number of rotatable bonds is 6. The highest BCUT2D eigenvalue weighted by molar-refractivity contribution is 5.76. The molecule has 4 aromatic rings. The van der Waals surface area contributed by atoms with E-state index in [2.05, 4.69) is 15.4 Å². The number of fused-ring (bicyclic) bond motifs is 1. The molecule has 0 radical (unpaired) electrons. The first-order valence-electron chi connectivity index (χ1n) is 9.34. The van der Waals surface area contributed by atoms with Gasteiger partial charge in [-0.05, 0) is 38.1 Å². The third-order valence-electron chi connectivity index (χ3n) is 4.76. The summed E-state index contributed by atoms with van der Waals surface area (Å²) in [5.41, 5.74) is 2.29. The van der Waals surface area contributed by atoms with Crippen LogP contribution in [0.5, 0.6) is 0 Å². The van der Waals surface area contributed by atoms with E-state index in [1.165, 1.54) is 10.8 Å². The Morgan fingerprint density at radius 2 is 1.97 bits per heavy atom. The van der Waals surface area contributed by atoms with Crippen LogP contribution in [0.4, 0.5) is 0 Å². The number of hydrogen-bond donors (Lipinski definition) is 1. The Bertz CT molecular complexity index is 1200. The van der Waals surface area contributed by atoms with Crippen LogP contribution in [0.25, 0.3) is 16.7 Å². The fraction of sp³-hybridized carbons (Fsp3) is 0.238. The molecule has 0 saturated heterocycles. The smallest absolute Gasteiger partial charge is 0.264 e. The summed E-state index contributed by atoms with van der Waals surface area (Å²) < 4.78 is 8.36. The molecule has 1 amide bonds. The molecule has 148 valence electrons. The molecule has 0 aliphatic heterocycles. The van der Waals surface area contributed by atoms with Gasteiger partial charge in [0.1, 0.15) is 17.0 Å². The second-order valence-corrected chi connectivity index (χ2v) is 6.85. The molecule has 8 heteroatoms. The zero-order valence-corrected chi connectivity index (χ0v) is 16.3. The van der Waals surface area contributed by atoms with Crippen molar-refractivity contribution in [3.63, 3.8) is 0 Å². The van der Waals surface area contributed by atoms with E-state index in [1.54, 1.807) is 30.0 Å². The van der Waals surface area contributed by atoms with Crippen molar-refractivity contribution in [2.75, 3.05) is 0 Å². The number of amides is 1. The van der Waals surface area contributed by atoms with Crippen LogP contribution in [0.3, 0.4) is 0 Å². The van der Waals surface area contributed by atoms with Crippen molar-refractivity contribution in [2.24, 2.45) is 0 Å². The normalized spacial score (nSPS) is 11.1. The van der Waals surface area contributed by atoms with Crippen LogP contribution in [0.2, 0.25) is 0 Å². The molecule has 3 heterocycles. The number of nitrogens with one attached hydrogen (secondary N) is 1. The van der Waals surface area contributed by atoms with Crippen LogP contribution in [-0.4, -0.2) is 25.2 Å². The van der Waals surface area contributed by atoms with Gasteiger partial charge in [0.25, 0.3) is 5.56 Å². The number of furan rings is 1. The van der Waals surface area contributed by atoms with E-state index in [0.29, 0.717) is 29.2 Å². The molecule has 8 nitrogen and oxygen atoms in total. The van der Waals surface area contributed by atoms with E-state index >= 15 is 0 Å². The summed E-state index contributed by atoms with van der Waals surface area (Å²) in [5, 5.41) is 7.54. The lowest BCUT2D eigenvalue weighted by molar-refractivity contribution is -0.121. The van der Waals surface area contributed by atoms with Crippen molar-refractivity contribution in [2.45, 2.75) is 33.4 Å². The number of carbonyl (C=O) groups excluding carboxylic acids is 1. The quantitative estimate of drug-likeness (QED) is 0.545. The predicted molar refractivity (Wildman–Crippen MR) is 108 cm³/mol. The molecule has 0 saturated carbocycles. The first-order valence-corrected chi connectivity index (χ1v) is 9.34. The van der Waals surface area contributed by atoms with Gasteiger partial charge in [-0.15, -0.1) is 0 Å². The molecule has 29 heavy (non-hydrogen) atoms. The second kappa shape index (κ2) is 7.75. The SMILES string of the molecule is Cc1ccc(-n2ncc3c(=O)n(CCC(=O)NCc4ccco4)c(C)nc32)cc1. The summed E-state index contributed by atoms with van der Waals surface area (Å²) in [6.45, 7) is 4.33. The molecule has 3 aromatic heterocycles. The summed E-state index contributed by atoms with van der Waals surface area (Å²) in [6.07, 6.45) is 3.25. The minimum atomic E-state index is -0.204. The zero-order chi connectivity index (χ0) is 20.4. The number of benzene rings is 1. The average molecular weight is 391 g/mol. The predicted octanol–water partition coefficient (Wildman–Crippen LogP) is 2.50. The average Bonchev–Trinajstić information content (AvgIpc) is 3.37. The van der Waals surface area contributed by atoms with Gasteiger partial charge in [-0.1, -0.05) is 17.7 Å². The van der Waals surface area contributed by atoms with Gasteiger partial charge in [-0.3, -0.25) is 14.2 Å². The molecule has 0 bridgehead atoms. The van der Waals surface area contributed by atoms with Gasteiger partial charge in [0.2, 0.25) is 5.91 Å². The molecule has 1 aromatic carbocycles. The van der Waals surface area contributed by atoms with Gasteiger partial charge in [0, 0.05) is 13.0 Å². The summed E-state index contributed by atoms with van der Waals surface area (Å²) in [4.78, 5) is 29.6. The maximum Gasteiger partial charge on any atom is 0.264 e. The van der Waals surface area contributed by atoms with E-state index in [9.17, 15) is 9.59 Å². The van der Waals surface area contributed by atoms with Crippen LogP contribution in [-0.2, 0) is 17.9 Å². The van der Waals surface area contributed by atoms with Gasteiger partial charge in [0.15, 0.2) is 5.65 Å². The van der Waals surface area contributed by atoms with Gasteiger partial charge in [0.05, 0.1) is 24.7 Å². The van der Waals surface area contributed by atoms with Gasteiger partial charge < -0.3 is 9.73 Å². The Morgan fingerprint density at radius 3 is 2.69 bits per heavy atom. The Balaban J connectivity index is 1.54. The molecule has 0 fully saturated rings. The fourth-order valence-electron chi connectivity index (χ4n) is 3.15. The monoisotopic (exact) mass is 391 g/mol. The topological polar surface area (TPSA) is 95.0 Å². The molecular weight excluding hydrogens is 370 g/mol. The van der Waals surface area contributed by atoms with E-state index in [4.69, 9.17) is 4.42 Å². The first-order chi connectivity index (χ1) is 14.0. The molecule has 0 atom stereocenters. The Labute approximate surface area is 166 Å². The van der Waals surface area contributed by atoms with E-state index in [-0.39, 0.29) is 24.4 Å². The van der Waals surface area contributed by atoms with Gasteiger partial charge in [-0.25, -0.2) is 9.67 Å². The van der Waals surface area contributed by atoms with Crippen molar-refractivity contribution in [1.29, 1.82) is 0 Å². The van der Waals surface area contributed by atoms with Crippen LogP contribution in [0, 0.1) is 13.8 Å². The zero-order valence-electron chi connectivity index (χ0n) is 16.3. The summed E-state index contributed by atoms with van der Waals surface area (Å²) in [7, 11) is 0. The largest absolute Gasteiger partial charge is 0.467 e. The second-order valence-electron chi connectivity index (χ2n) is 6.85. The lowest BCUT2D eigenvalue weighted by Gasteiger charge is -2.10. The standard InChI is InChI=1S/C21H21N5O3/c1-14-5-7-16(8-6-14)26-20-18(13-23-26)21(28)25(15(2)24-20)10-9-19(27)22-12-17-4-3-11-29-17/h3-8,11,13H,9-10,12H2,1-2H3,(H,22,27). The molecule has 0 aliphatic carbocycles. The highest BCUT2D eigenvalue weighted by Gasteiger charge is 2.15. The number of aryl methyl sites for hydroxylation is 2. The third kappa shape index (κ3) is 3.82. The summed E-state index contributed by atoms with van der Waals surface area (Å²) in [6, 6.07) is 11.4. The van der Waals surface area contributed by atoms with Crippen molar-refractivity contribution in [3.8, 4) is 5.69 Å². The number of nitrogens with zero attached hydrogens (tertiary/aromatic N) is 4. The van der Waals surface area contributed by atoms with Crippen LogP contribution >= 0.6 is 0 Å². The minimum absolute atomic E-state index is 0.164. The van der Waals surface area contributed by atoms with E-state index in [0.717, 1.165) is 11.3 Å². The first kappa shape index (κ1) is 18.7. The highest BCUT2D eigenvalue weighted by Crippen LogP contribution is 2.15. The van der Waals surface area contributed by atoms with Crippen molar-refractivity contribution < 1.29 is 9.21 Å². The molecule has 4 rings (SSSR count). The van der Waals surface area contributed by atoms with Gasteiger partial charge in [-0.2, -0.15) is 5.10 Å².